The highest BCUT2D eigenvalue weighted by Crippen LogP contribution is 2.06. The molecule has 42 valence electrons. The topological polar surface area (TPSA) is 64.1 Å². The van der Waals surface area contributed by atoms with Crippen LogP contribution in [0.5, 0.6) is 0 Å². The molecule has 0 aliphatic rings. The van der Waals surface area contributed by atoms with Crippen molar-refractivity contribution in [3.63, 3.8) is 0 Å². The Balaban J connectivity index is 3.72. The third-order valence-corrected chi connectivity index (χ3v) is 1.92. The van der Waals surface area contributed by atoms with Crippen LogP contribution >= 0.6 is 31.9 Å². The fourth-order valence-electron chi connectivity index (χ4n) is 0.0689. The Labute approximate surface area is 58.3 Å². The molecule has 0 bridgehead atoms. The molecule has 0 saturated heterocycles. The molecule has 0 aromatic rings. The Morgan fingerprint density at radius 1 is 1.43 bits per heavy atom. The molecule has 0 aromatic carbocycles. The van der Waals surface area contributed by atoms with E-state index >= 15 is 0 Å². The second-order valence-electron chi connectivity index (χ2n) is 0.806. The molecular formula is C2H5Br2N3. The molecule has 0 rings (SSSR count). The third-order valence-electron chi connectivity index (χ3n) is 0.336. The Kier molecular flexibility index (Phi) is 3.41. The van der Waals surface area contributed by atoms with Crippen LogP contribution in [0.15, 0.2) is 9.21 Å². The molecule has 3 nitrogen and oxygen atoms in total. The zero-order valence-corrected chi connectivity index (χ0v) is 6.58. The summed E-state index contributed by atoms with van der Waals surface area (Å²) in [6, 6.07) is 0. The predicted molar refractivity (Wildman–Crippen MR) is 36.4 cm³/mol. The first-order valence-corrected chi connectivity index (χ1v) is 3.04. The van der Waals surface area contributed by atoms with Gasteiger partial charge < -0.3 is 11.2 Å². The van der Waals surface area contributed by atoms with Gasteiger partial charge in [-0.05, 0) is 31.9 Å². The Morgan fingerprint density at radius 3 is 1.86 bits per heavy atom. The van der Waals surface area contributed by atoms with Crippen molar-refractivity contribution in [3.05, 3.63) is 9.21 Å². The van der Waals surface area contributed by atoms with Crippen LogP contribution in [0.2, 0.25) is 0 Å². The van der Waals surface area contributed by atoms with Crippen molar-refractivity contribution in [1.82, 2.24) is 5.43 Å². The lowest BCUT2D eigenvalue weighted by molar-refractivity contribution is 0.947. The van der Waals surface area contributed by atoms with Gasteiger partial charge in [-0.3, -0.25) is 0 Å². The van der Waals surface area contributed by atoms with E-state index in [-0.39, 0.29) is 0 Å². The van der Waals surface area contributed by atoms with E-state index in [2.05, 4.69) is 37.3 Å². The molecule has 0 saturated carbocycles. The fraction of sp³-hybridized carbons (Fsp3) is 0. The maximum absolute atomic E-state index is 5.15. The zero-order valence-electron chi connectivity index (χ0n) is 3.41. The van der Waals surface area contributed by atoms with E-state index in [0.29, 0.717) is 9.21 Å². The SMILES string of the molecule is NN/C(Br)=C(\N)Br. The number of halogens is 2. The molecule has 0 fully saturated rings. The summed E-state index contributed by atoms with van der Waals surface area (Å²) in [6.07, 6.45) is 0. The number of hydrazine groups is 1. The van der Waals surface area contributed by atoms with Crippen LogP contribution in [0.25, 0.3) is 0 Å². The van der Waals surface area contributed by atoms with Crippen LogP contribution in [0.3, 0.4) is 0 Å². The van der Waals surface area contributed by atoms with E-state index in [0.717, 1.165) is 0 Å². The standard InChI is InChI=1S/C2H5Br2N3/c3-1(5)2(4)7-6/h7H,5-6H2/b2-1-. The van der Waals surface area contributed by atoms with Crippen molar-refractivity contribution in [1.29, 1.82) is 0 Å². The molecule has 0 unspecified atom stereocenters. The Bertz CT molecular complexity index is 84.9. The van der Waals surface area contributed by atoms with Gasteiger partial charge in [-0.25, -0.2) is 5.84 Å². The first-order chi connectivity index (χ1) is 3.18. The lowest BCUT2D eigenvalue weighted by Gasteiger charge is -1.94. The number of nitrogens with one attached hydrogen (secondary N) is 1. The average Bonchev–Trinajstić information content (AvgIpc) is 1.65. The van der Waals surface area contributed by atoms with Crippen LogP contribution in [0, 0.1) is 0 Å². The second-order valence-corrected chi connectivity index (χ2v) is 2.45. The summed E-state index contributed by atoms with van der Waals surface area (Å²) in [4.78, 5) is 0. The summed E-state index contributed by atoms with van der Waals surface area (Å²) < 4.78 is 1.00. The molecule has 5 N–H and O–H groups in total. The molecule has 0 atom stereocenters. The van der Waals surface area contributed by atoms with Crippen molar-refractivity contribution in [3.8, 4) is 0 Å². The van der Waals surface area contributed by atoms with E-state index in [1.807, 2.05) is 0 Å². The highest BCUT2D eigenvalue weighted by atomic mass is 79.9. The monoisotopic (exact) mass is 229 g/mol. The normalized spacial score (nSPS) is 13.0. The van der Waals surface area contributed by atoms with Gasteiger partial charge in [0.05, 0.1) is 0 Å². The van der Waals surface area contributed by atoms with Gasteiger partial charge in [0.15, 0.2) is 0 Å². The maximum Gasteiger partial charge on any atom is 0.123 e. The molecule has 0 aliphatic heterocycles. The lowest BCUT2D eigenvalue weighted by Crippen LogP contribution is -2.19. The first-order valence-electron chi connectivity index (χ1n) is 1.46. The maximum atomic E-state index is 5.15. The van der Waals surface area contributed by atoms with Gasteiger partial charge in [-0.1, -0.05) is 0 Å². The van der Waals surface area contributed by atoms with Crippen molar-refractivity contribution >= 4 is 31.9 Å². The van der Waals surface area contributed by atoms with Gasteiger partial charge >= 0.3 is 0 Å². The molecule has 0 spiro atoms. The second kappa shape index (κ2) is 3.29. The molecular weight excluding hydrogens is 226 g/mol. The number of hydrogen-bond acceptors (Lipinski definition) is 3. The molecule has 0 aromatic heterocycles. The predicted octanol–water partition coefficient (Wildman–Crippen LogP) is 0.325. The number of rotatable bonds is 1. The van der Waals surface area contributed by atoms with Gasteiger partial charge in [0.25, 0.3) is 0 Å². The van der Waals surface area contributed by atoms with Gasteiger partial charge in [-0.2, -0.15) is 0 Å². The quantitative estimate of drug-likeness (QED) is 0.346. The Hall–Kier alpha value is 0.260. The van der Waals surface area contributed by atoms with Crippen LogP contribution in [-0.4, -0.2) is 0 Å². The summed E-state index contributed by atoms with van der Waals surface area (Å²) >= 11 is 5.98. The van der Waals surface area contributed by atoms with Gasteiger partial charge in [-0.15, -0.1) is 0 Å². The van der Waals surface area contributed by atoms with E-state index < -0.39 is 0 Å². The molecule has 0 radical (unpaired) electrons. The molecule has 7 heavy (non-hydrogen) atoms. The molecule has 0 aliphatic carbocycles. The lowest BCUT2D eigenvalue weighted by atomic mass is 10.9. The highest BCUT2D eigenvalue weighted by Gasteiger charge is 1.87. The zero-order chi connectivity index (χ0) is 5.86. The largest absolute Gasteiger partial charge is 0.391 e. The molecule has 0 heterocycles. The summed E-state index contributed by atoms with van der Waals surface area (Å²) in [7, 11) is 0. The summed E-state index contributed by atoms with van der Waals surface area (Å²) in [6.45, 7) is 0. The van der Waals surface area contributed by atoms with Crippen molar-refractivity contribution in [2.75, 3.05) is 0 Å². The minimum atomic E-state index is 0.454. The van der Waals surface area contributed by atoms with E-state index in [9.17, 15) is 0 Å². The van der Waals surface area contributed by atoms with Crippen LogP contribution < -0.4 is 17.0 Å². The minimum Gasteiger partial charge on any atom is -0.391 e. The van der Waals surface area contributed by atoms with Crippen LogP contribution in [0.1, 0.15) is 0 Å². The van der Waals surface area contributed by atoms with Crippen LogP contribution in [-0.2, 0) is 0 Å². The van der Waals surface area contributed by atoms with Gasteiger partial charge in [0.1, 0.15) is 9.21 Å². The number of hydrogen-bond donors (Lipinski definition) is 3. The average molecular weight is 231 g/mol. The molecule has 5 heteroatoms. The van der Waals surface area contributed by atoms with Crippen molar-refractivity contribution < 1.29 is 0 Å². The third kappa shape index (κ3) is 2.90. The van der Waals surface area contributed by atoms with Gasteiger partial charge in [0.2, 0.25) is 0 Å². The van der Waals surface area contributed by atoms with Gasteiger partial charge in [0, 0.05) is 0 Å². The Morgan fingerprint density at radius 2 is 1.86 bits per heavy atom. The van der Waals surface area contributed by atoms with Crippen molar-refractivity contribution in [2.45, 2.75) is 0 Å². The van der Waals surface area contributed by atoms with Crippen LogP contribution in [0.4, 0.5) is 0 Å². The van der Waals surface area contributed by atoms with E-state index in [1.165, 1.54) is 0 Å². The minimum absolute atomic E-state index is 0.454. The first kappa shape index (κ1) is 7.26. The summed E-state index contributed by atoms with van der Waals surface area (Å²) in [5.74, 6) is 4.91. The fourth-order valence-corrected chi connectivity index (χ4v) is 0.183. The van der Waals surface area contributed by atoms with E-state index in [4.69, 9.17) is 11.6 Å². The molecule has 0 amide bonds. The highest BCUT2D eigenvalue weighted by molar-refractivity contribution is 9.14. The van der Waals surface area contributed by atoms with Crippen molar-refractivity contribution in [2.24, 2.45) is 11.6 Å². The summed E-state index contributed by atoms with van der Waals surface area (Å²) in [5.41, 5.74) is 7.44. The summed E-state index contributed by atoms with van der Waals surface area (Å²) in [5, 5.41) is 0. The smallest absolute Gasteiger partial charge is 0.123 e. The number of nitrogens with two attached hydrogens (primary N) is 2. The van der Waals surface area contributed by atoms with E-state index in [1.54, 1.807) is 0 Å².